The van der Waals surface area contributed by atoms with Gasteiger partial charge in [0.15, 0.2) is 0 Å². The van der Waals surface area contributed by atoms with E-state index in [-0.39, 0.29) is 6.10 Å². The molecule has 1 aromatic rings. The summed E-state index contributed by atoms with van der Waals surface area (Å²) in [5.41, 5.74) is 2.44. The summed E-state index contributed by atoms with van der Waals surface area (Å²) < 4.78 is 5.98. The molecule has 2 atom stereocenters. The number of aryl methyl sites for hydroxylation is 2. The van der Waals surface area contributed by atoms with Crippen molar-refractivity contribution in [2.45, 2.75) is 52.6 Å². The minimum atomic E-state index is 0.217. The van der Waals surface area contributed by atoms with Crippen LogP contribution in [-0.2, 0) is 0 Å². The van der Waals surface area contributed by atoms with Crippen LogP contribution in [0.3, 0.4) is 0 Å². The summed E-state index contributed by atoms with van der Waals surface area (Å²) in [7, 11) is 0. The largest absolute Gasteiger partial charge is 0.473 e. The van der Waals surface area contributed by atoms with E-state index >= 15 is 0 Å². The molecule has 18 heavy (non-hydrogen) atoms. The van der Waals surface area contributed by atoms with Gasteiger partial charge in [-0.15, -0.1) is 0 Å². The molecule has 0 spiro atoms. The van der Waals surface area contributed by atoms with Gasteiger partial charge in [0.25, 0.3) is 0 Å². The highest BCUT2D eigenvalue weighted by molar-refractivity contribution is 5.45. The zero-order valence-corrected chi connectivity index (χ0v) is 11.4. The fourth-order valence-corrected chi connectivity index (χ4v) is 2.67. The standard InChI is InChI=1S/C15H20N2O/c1-10-5-4-6-13(7-10)18-15-14(9-16)11(2)8-12(3)17-15/h8,10,13H,4-7H2,1-3H3. The van der Waals surface area contributed by atoms with Gasteiger partial charge >= 0.3 is 0 Å². The molecule has 0 radical (unpaired) electrons. The summed E-state index contributed by atoms with van der Waals surface area (Å²) in [4.78, 5) is 4.38. The van der Waals surface area contributed by atoms with Crippen LogP contribution in [0.2, 0.25) is 0 Å². The molecule has 3 heteroatoms. The van der Waals surface area contributed by atoms with Gasteiger partial charge in [-0.2, -0.15) is 5.26 Å². The van der Waals surface area contributed by atoms with Crippen molar-refractivity contribution in [2.24, 2.45) is 5.92 Å². The number of aromatic nitrogens is 1. The second-order valence-corrected chi connectivity index (χ2v) is 5.38. The molecule has 1 fully saturated rings. The first-order chi connectivity index (χ1) is 8.60. The van der Waals surface area contributed by atoms with E-state index in [1.165, 1.54) is 12.8 Å². The minimum absolute atomic E-state index is 0.217. The van der Waals surface area contributed by atoms with Crippen LogP contribution in [0.4, 0.5) is 0 Å². The summed E-state index contributed by atoms with van der Waals surface area (Å²) in [6, 6.07) is 4.13. The highest BCUT2D eigenvalue weighted by Crippen LogP contribution is 2.29. The monoisotopic (exact) mass is 244 g/mol. The van der Waals surface area contributed by atoms with Crippen LogP contribution in [0.5, 0.6) is 5.88 Å². The van der Waals surface area contributed by atoms with Crippen LogP contribution < -0.4 is 4.74 Å². The molecule has 0 aromatic carbocycles. The molecule has 2 rings (SSSR count). The van der Waals surface area contributed by atoms with E-state index in [4.69, 9.17) is 4.74 Å². The molecule has 0 bridgehead atoms. The molecule has 0 N–H and O–H groups in total. The Kier molecular flexibility index (Phi) is 3.86. The normalized spacial score (nSPS) is 23.4. The van der Waals surface area contributed by atoms with Crippen molar-refractivity contribution >= 4 is 0 Å². The van der Waals surface area contributed by atoms with E-state index in [1.54, 1.807) is 0 Å². The Balaban J connectivity index is 2.20. The minimum Gasteiger partial charge on any atom is -0.473 e. The summed E-state index contributed by atoms with van der Waals surface area (Å²) in [6.45, 7) is 6.13. The van der Waals surface area contributed by atoms with E-state index in [1.807, 2.05) is 19.9 Å². The summed E-state index contributed by atoms with van der Waals surface area (Å²) in [5.74, 6) is 1.23. The number of hydrogen-bond acceptors (Lipinski definition) is 3. The molecule has 0 saturated heterocycles. The molecule has 1 saturated carbocycles. The maximum atomic E-state index is 9.20. The van der Waals surface area contributed by atoms with E-state index < -0.39 is 0 Å². The molecule has 3 nitrogen and oxygen atoms in total. The second-order valence-electron chi connectivity index (χ2n) is 5.38. The molecule has 2 unspecified atom stereocenters. The predicted molar refractivity (Wildman–Crippen MR) is 70.5 cm³/mol. The quantitative estimate of drug-likeness (QED) is 0.799. The molecular weight excluding hydrogens is 224 g/mol. The number of nitriles is 1. The highest BCUT2D eigenvalue weighted by Gasteiger charge is 2.22. The Morgan fingerprint density at radius 2 is 2.17 bits per heavy atom. The lowest BCUT2D eigenvalue weighted by Crippen LogP contribution is -2.25. The van der Waals surface area contributed by atoms with Crippen molar-refractivity contribution in [2.75, 3.05) is 0 Å². The zero-order valence-electron chi connectivity index (χ0n) is 11.4. The van der Waals surface area contributed by atoms with Crippen LogP contribution in [0.25, 0.3) is 0 Å². The van der Waals surface area contributed by atoms with Gasteiger partial charge in [-0.25, -0.2) is 4.98 Å². The van der Waals surface area contributed by atoms with E-state index in [0.717, 1.165) is 24.1 Å². The fraction of sp³-hybridized carbons (Fsp3) is 0.600. The Morgan fingerprint density at radius 3 is 2.83 bits per heavy atom. The van der Waals surface area contributed by atoms with Gasteiger partial charge in [0.2, 0.25) is 5.88 Å². The van der Waals surface area contributed by atoms with Crippen LogP contribution in [-0.4, -0.2) is 11.1 Å². The molecule has 0 aliphatic heterocycles. The van der Waals surface area contributed by atoms with E-state index in [0.29, 0.717) is 17.4 Å². The molecule has 1 aliphatic rings. The van der Waals surface area contributed by atoms with Crippen molar-refractivity contribution in [3.63, 3.8) is 0 Å². The topological polar surface area (TPSA) is 45.9 Å². The van der Waals surface area contributed by atoms with E-state index in [2.05, 4.69) is 18.0 Å². The lowest BCUT2D eigenvalue weighted by atomic mass is 9.89. The van der Waals surface area contributed by atoms with Crippen molar-refractivity contribution < 1.29 is 4.74 Å². The summed E-state index contributed by atoms with van der Waals surface area (Å²) in [5, 5.41) is 9.20. The lowest BCUT2D eigenvalue weighted by Gasteiger charge is -2.27. The van der Waals surface area contributed by atoms with Gasteiger partial charge in [0.05, 0.1) is 0 Å². The van der Waals surface area contributed by atoms with Crippen molar-refractivity contribution in [1.29, 1.82) is 5.26 Å². The predicted octanol–water partition coefficient (Wildman–Crippen LogP) is 3.53. The first-order valence-corrected chi connectivity index (χ1v) is 6.65. The summed E-state index contributed by atoms with van der Waals surface area (Å²) in [6.07, 6.45) is 4.85. The highest BCUT2D eigenvalue weighted by atomic mass is 16.5. The SMILES string of the molecule is Cc1cc(C)c(C#N)c(OC2CCCC(C)C2)n1. The van der Waals surface area contributed by atoms with E-state index in [9.17, 15) is 5.26 Å². The van der Waals surface area contributed by atoms with Crippen molar-refractivity contribution in [3.8, 4) is 11.9 Å². The van der Waals surface area contributed by atoms with Crippen molar-refractivity contribution in [3.05, 3.63) is 22.9 Å². The van der Waals surface area contributed by atoms with Gasteiger partial charge in [0.1, 0.15) is 17.7 Å². The average Bonchev–Trinajstić information content (AvgIpc) is 2.28. The second kappa shape index (κ2) is 5.39. The fourth-order valence-electron chi connectivity index (χ4n) is 2.67. The summed E-state index contributed by atoms with van der Waals surface area (Å²) >= 11 is 0. The zero-order chi connectivity index (χ0) is 13.1. The average molecular weight is 244 g/mol. The van der Waals surface area contributed by atoms with Crippen LogP contribution in [0.15, 0.2) is 6.07 Å². The number of ether oxygens (including phenoxy) is 1. The van der Waals surface area contributed by atoms with Gasteiger partial charge in [-0.3, -0.25) is 0 Å². The smallest absolute Gasteiger partial charge is 0.232 e. The van der Waals surface area contributed by atoms with Gasteiger partial charge in [-0.1, -0.05) is 13.3 Å². The molecule has 1 aliphatic carbocycles. The maximum absolute atomic E-state index is 9.20. The first-order valence-electron chi connectivity index (χ1n) is 6.65. The molecule has 96 valence electrons. The Hall–Kier alpha value is -1.56. The molecule has 1 heterocycles. The van der Waals surface area contributed by atoms with Gasteiger partial charge in [-0.05, 0) is 50.7 Å². The molecular formula is C15H20N2O. The van der Waals surface area contributed by atoms with Crippen molar-refractivity contribution in [1.82, 2.24) is 4.98 Å². The Labute approximate surface area is 109 Å². The number of pyridine rings is 1. The molecule has 0 amide bonds. The van der Waals surface area contributed by atoms with Gasteiger partial charge < -0.3 is 4.74 Å². The third-order valence-corrected chi connectivity index (χ3v) is 3.59. The third-order valence-electron chi connectivity index (χ3n) is 3.59. The third kappa shape index (κ3) is 2.81. The van der Waals surface area contributed by atoms with Crippen LogP contribution in [0, 0.1) is 31.1 Å². The number of rotatable bonds is 2. The Bertz CT molecular complexity index is 476. The van der Waals surface area contributed by atoms with Crippen LogP contribution >= 0.6 is 0 Å². The number of hydrogen-bond donors (Lipinski definition) is 0. The maximum Gasteiger partial charge on any atom is 0.232 e. The van der Waals surface area contributed by atoms with Gasteiger partial charge in [0, 0.05) is 5.69 Å². The lowest BCUT2D eigenvalue weighted by molar-refractivity contribution is 0.123. The van der Waals surface area contributed by atoms with Crippen LogP contribution in [0.1, 0.15) is 49.4 Å². The first kappa shape index (κ1) is 12.9. The molecule has 1 aromatic heterocycles. The Morgan fingerprint density at radius 1 is 1.39 bits per heavy atom. The number of nitrogens with zero attached hydrogens (tertiary/aromatic N) is 2.